The highest BCUT2D eigenvalue weighted by Crippen LogP contribution is 2.14. The van der Waals surface area contributed by atoms with E-state index < -0.39 is 0 Å². The number of rotatable bonds is 7. The molecule has 2 amide bonds. The van der Waals surface area contributed by atoms with Gasteiger partial charge >= 0.3 is 0 Å². The van der Waals surface area contributed by atoms with E-state index in [0.717, 1.165) is 25.3 Å². The van der Waals surface area contributed by atoms with Crippen LogP contribution in [0.3, 0.4) is 0 Å². The molecule has 1 aliphatic rings. The summed E-state index contributed by atoms with van der Waals surface area (Å²) < 4.78 is 1.67. The molecule has 8 nitrogen and oxygen atoms in total. The van der Waals surface area contributed by atoms with E-state index in [2.05, 4.69) is 32.4 Å². The van der Waals surface area contributed by atoms with Crippen LogP contribution >= 0.6 is 0 Å². The lowest BCUT2D eigenvalue weighted by molar-refractivity contribution is -0.131. The summed E-state index contributed by atoms with van der Waals surface area (Å²) in [7, 11) is 0. The quantitative estimate of drug-likeness (QED) is 0.617. The number of hydrogen-bond donors (Lipinski definition) is 1. The fraction of sp³-hybridized carbons (Fsp3) is 0.333. The third-order valence-electron chi connectivity index (χ3n) is 5.69. The maximum absolute atomic E-state index is 12.7. The molecule has 1 aliphatic heterocycles. The Morgan fingerprint density at radius 2 is 1.75 bits per heavy atom. The van der Waals surface area contributed by atoms with Crippen LogP contribution in [0.5, 0.6) is 0 Å². The van der Waals surface area contributed by atoms with Gasteiger partial charge in [0.25, 0.3) is 5.91 Å². The topological polar surface area (TPSA) is 83.4 Å². The van der Waals surface area contributed by atoms with Gasteiger partial charge < -0.3 is 10.2 Å². The largest absolute Gasteiger partial charge is 0.343 e. The average Bonchev–Trinajstić information content (AvgIpc) is 3.28. The van der Waals surface area contributed by atoms with Gasteiger partial charge in [0.15, 0.2) is 5.82 Å². The molecule has 1 fully saturated rings. The van der Waals surface area contributed by atoms with Gasteiger partial charge in [-0.25, -0.2) is 9.67 Å². The van der Waals surface area contributed by atoms with Gasteiger partial charge in [-0.1, -0.05) is 43.3 Å². The van der Waals surface area contributed by atoms with Crippen LogP contribution in [-0.2, 0) is 17.8 Å². The lowest BCUT2D eigenvalue weighted by atomic mass is 10.2. The van der Waals surface area contributed by atoms with Crippen molar-refractivity contribution in [2.45, 2.75) is 19.9 Å². The van der Waals surface area contributed by atoms with E-state index in [4.69, 9.17) is 0 Å². The first kappa shape index (κ1) is 21.7. The molecule has 0 atom stereocenters. The molecule has 0 spiro atoms. The number of piperazine rings is 1. The number of carbonyl (C=O) groups excluding carboxylic acids is 2. The first-order valence-corrected chi connectivity index (χ1v) is 11.0. The fourth-order valence-electron chi connectivity index (χ4n) is 3.94. The molecule has 1 aromatic carbocycles. The molecule has 0 aliphatic carbocycles. The van der Waals surface area contributed by atoms with Gasteiger partial charge in [0.05, 0.1) is 24.0 Å². The first-order valence-electron chi connectivity index (χ1n) is 11.0. The molecule has 0 unspecified atom stereocenters. The normalized spacial score (nSPS) is 14.3. The van der Waals surface area contributed by atoms with Gasteiger partial charge in [-0.05, 0) is 24.1 Å². The smallest absolute Gasteiger partial charge is 0.255 e. The van der Waals surface area contributed by atoms with Crippen LogP contribution in [0, 0.1) is 0 Å². The number of pyridine rings is 1. The Labute approximate surface area is 187 Å². The molecular weight excluding hydrogens is 404 g/mol. The van der Waals surface area contributed by atoms with Crippen molar-refractivity contribution < 1.29 is 9.59 Å². The van der Waals surface area contributed by atoms with E-state index in [9.17, 15) is 9.59 Å². The van der Waals surface area contributed by atoms with Gasteiger partial charge in [-0.2, -0.15) is 5.10 Å². The van der Waals surface area contributed by atoms with Crippen LogP contribution in [0.4, 0.5) is 0 Å². The molecule has 166 valence electrons. The molecule has 0 saturated carbocycles. The summed E-state index contributed by atoms with van der Waals surface area (Å²) in [4.78, 5) is 33.9. The minimum atomic E-state index is -0.292. The summed E-state index contributed by atoms with van der Waals surface area (Å²) in [6, 6.07) is 15.9. The van der Waals surface area contributed by atoms with Crippen molar-refractivity contribution in [2.24, 2.45) is 0 Å². The maximum atomic E-state index is 12.7. The standard InChI is InChI=1S/C24H28N6O2/c1-2-21-20(16-27-30(21)22-10-6-7-11-25-22)24(32)26-17-23(31)29-14-12-28(13-15-29)18-19-8-4-3-5-9-19/h3-11,16H,2,12-15,17-18H2,1H3,(H,26,32). The Bertz CT molecular complexity index is 1040. The summed E-state index contributed by atoms with van der Waals surface area (Å²) in [5.74, 6) is 0.306. The fourth-order valence-corrected chi connectivity index (χ4v) is 3.94. The Kier molecular flexibility index (Phi) is 6.91. The zero-order valence-corrected chi connectivity index (χ0v) is 18.3. The summed E-state index contributed by atoms with van der Waals surface area (Å²) in [5, 5.41) is 7.10. The second kappa shape index (κ2) is 10.2. The molecular formula is C24H28N6O2. The van der Waals surface area contributed by atoms with E-state index in [0.29, 0.717) is 30.9 Å². The second-order valence-electron chi connectivity index (χ2n) is 7.78. The van der Waals surface area contributed by atoms with Crippen LogP contribution in [0.15, 0.2) is 60.9 Å². The highest BCUT2D eigenvalue weighted by molar-refractivity contribution is 5.97. The van der Waals surface area contributed by atoms with Crippen molar-refractivity contribution in [1.29, 1.82) is 0 Å². The van der Waals surface area contributed by atoms with Crippen LogP contribution in [0.2, 0.25) is 0 Å². The zero-order chi connectivity index (χ0) is 22.3. The van der Waals surface area contributed by atoms with Crippen molar-refractivity contribution in [3.63, 3.8) is 0 Å². The second-order valence-corrected chi connectivity index (χ2v) is 7.78. The summed E-state index contributed by atoms with van der Waals surface area (Å²) >= 11 is 0. The third kappa shape index (κ3) is 5.03. The minimum Gasteiger partial charge on any atom is -0.343 e. The number of hydrogen-bond acceptors (Lipinski definition) is 5. The third-order valence-corrected chi connectivity index (χ3v) is 5.69. The van der Waals surface area contributed by atoms with Crippen LogP contribution in [-0.4, -0.2) is 69.1 Å². The average molecular weight is 433 g/mol. The molecule has 2 aromatic heterocycles. The number of nitrogens with one attached hydrogen (secondary N) is 1. The van der Waals surface area contributed by atoms with Gasteiger partial charge in [0, 0.05) is 38.9 Å². The van der Waals surface area contributed by atoms with Crippen molar-refractivity contribution >= 4 is 11.8 Å². The van der Waals surface area contributed by atoms with Gasteiger partial charge in [-0.3, -0.25) is 14.5 Å². The molecule has 1 saturated heterocycles. The lowest BCUT2D eigenvalue weighted by Gasteiger charge is -2.34. The van der Waals surface area contributed by atoms with E-state index in [1.54, 1.807) is 10.9 Å². The van der Waals surface area contributed by atoms with Crippen molar-refractivity contribution in [3.05, 3.63) is 77.7 Å². The molecule has 3 aromatic rings. The Hall–Kier alpha value is -3.52. The van der Waals surface area contributed by atoms with Crippen LogP contribution in [0.1, 0.15) is 28.5 Å². The molecule has 8 heteroatoms. The number of benzene rings is 1. The SMILES string of the molecule is CCc1c(C(=O)NCC(=O)N2CCN(Cc3ccccc3)CC2)cnn1-c1ccccn1. The van der Waals surface area contributed by atoms with Gasteiger partial charge in [0.2, 0.25) is 5.91 Å². The molecule has 1 N–H and O–H groups in total. The lowest BCUT2D eigenvalue weighted by Crippen LogP contribution is -2.50. The van der Waals surface area contributed by atoms with Gasteiger partial charge in [-0.15, -0.1) is 0 Å². The number of nitrogens with zero attached hydrogens (tertiary/aromatic N) is 5. The predicted molar refractivity (Wildman–Crippen MR) is 121 cm³/mol. The molecule has 3 heterocycles. The predicted octanol–water partition coefficient (Wildman–Crippen LogP) is 1.90. The van der Waals surface area contributed by atoms with E-state index in [1.165, 1.54) is 11.8 Å². The molecule has 0 radical (unpaired) electrons. The molecule has 32 heavy (non-hydrogen) atoms. The highest BCUT2D eigenvalue weighted by atomic mass is 16.2. The Morgan fingerprint density at radius 3 is 2.44 bits per heavy atom. The Morgan fingerprint density at radius 1 is 1.00 bits per heavy atom. The van der Waals surface area contributed by atoms with Gasteiger partial charge in [0.1, 0.15) is 0 Å². The zero-order valence-electron chi connectivity index (χ0n) is 18.3. The van der Waals surface area contributed by atoms with Crippen molar-refractivity contribution in [3.8, 4) is 5.82 Å². The van der Waals surface area contributed by atoms with E-state index in [1.807, 2.05) is 48.2 Å². The van der Waals surface area contributed by atoms with E-state index >= 15 is 0 Å². The summed E-state index contributed by atoms with van der Waals surface area (Å²) in [5.41, 5.74) is 2.51. The maximum Gasteiger partial charge on any atom is 0.255 e. The summed E-state index contributed by atoms with van der Waals surface area (Å²) in [6.45, 7) is 5.82. The molecule has 4 rings (SSSR count). The van der Waals surface area contributed by atoms with Crippen LogP contribution < -0.4 is 5.32 Å². The summed E-state index contributed by atoms with van der Waals surface area (Å²) in [6.07, 6.45) is 3.85. The first-order chi connectivity index (χ1) is 15.7. The van der Waals surface area contributed by atoms with Crippen molar-refractivity contribution in [2.75, 3.05) is 32.7 Å². The number of amides is 2. The van der Waals surface area contributed by atoms with Crippen molar-refractivity contribution in [1.82, 2.24) is 29.9 Å². The Balaban J connectivity index is 1.29. The van der Waals surface area contributed by atoms with Crippen LogP contribution in [0.25, 0.3) is 5.82 Å². The number of aromatic nitrogens is 3. The van der Waals surface area contributed by atoms with E-state index in [-0.39, 0.29) is 18.4 Å². The minimum absolute atomic E-state index is 0.0184. The molecule has 0 bridgehead atoms. The highest BCUT2D eigenvalue weighted by Gasteiger charge is 2.23. The number of carbonyl (C=O) groups is 2. The monoisotopic (exact) mass is 432 g/mol.